The third-order valence-electron chi connectivity index (χ3n) is 4.63. The number of rotatable bonds is 5. The van der Waals surface area contributed by atoms with E-state index < -0.39 is 14.9 Å². The molecule has 27 heavy (non-hydrogen) atoms. The highest BCUT2D eigenvalue weighted by Gasteiger charge is 2.28. The van der Waals surface area contributed by atoms with Crippen LogP contribution in [0.5, 0.6) is 0 Å². The maximum atomic E-state index is 11.4. The lowest BCUT2D eigenvalue weighted by atomic mass is 10.2. The number of nitro benzene ring substituents is 1. The predicted molar refractivity (Wildman–Crippen MR) is 100 cm³/mol. The van der Waals surface area contributed by atoms with Crippen LogP contribution in [0.2, 0.25) is 0 Å². The summed E-state index contributed by atoms with van der Waals surface area (Å²) < 4.78 is 25.0. The maximum Gasteiger partial charge on any atom is 0.294 e. The van der Waals surface area contributed by atoms with Crippen LogP contribution in [0.1, 0.15) is 24.6 Å². The van der Waals surface area contributed by atoms with Gasteiger partial charge in [-0.2, -0.15) is 0 Å². The smallest absolute Gasteiger partial charge is 0.294 e. The second-order valence-corrected chi connectivity index (χ2v) is 8.17. The molecular weight excluding hydrogens is 370 g/mol. The lowest BCUT2D eigenvalue weighted by Crippen LogP contribution is -2.12. The topological polar surface area (TPSA) is 133 Å². The van der Waals surface area contributed by atoms with Crippen molar-refractivity contribution in [3.63, 3.8) is 0 Å². The number of nitrogens with one attached hydrogen (secondary N) is 1. The Balaban J connectivity index is 1.72. The molecule has 1 heterocycles. The number of anilines is 2. The quantitative estimate of drug-likeness (QED) is 0.511. The van der Waals surface area contributed by atoms with Crippen LogP contribution < -0.4 is 10.5 Å². The molecule has 0 saturated heterocycles. The van der Waals surface area contributed by atoms with Crippen molar-refractivity contribution in [3.05, 3.63) is 52.3 Å². The van der Waals surface area contributed by atoms with Crippen LogP contribution in [0.3, 0.4) is 0 Å². The third kappa shape index (κ3) is 3.24. The number of hydrogen-bond donors (Lipinski definition) is 2. The van der Waals surface area contributed by atoms with Crippen molar-refractivity contribution in [2.45, 2.75) is 23.7 Å². The van der Waals surface area contributed by atoms with E-state index >= 15 is 0 Å². The first-order valence-electron chi connectivity index (χ1n) is 8.28. The molecule has 0 unspecified atom stereocenters. The summed E-state index contributed by atoms with van der Waals surface area (Å²) in [4.78, 5) is 15.1. The molecule has 0 radical (unpaired) electrons. The summed E-state index contributed by atoms with van der Waals surface area (Å²) in [6, 6.07) is 9.03. The standard InChI is InChI=1S/C17H17N5O4S/c1-21-15-7-4-11(8-14(15)20-17(21)10-2-3-10)19-13-6-5-12(27(18,25)26)9-16(13)22(23)24/h4-10,19H,2-3H2,1H3,(H2,18,25,26). The number of nitro groups is 1. The second kappa shape index (κ2) is 6.03. The van der Waals surface area contributed by atoms with Crippen molar-refractivity contribution >= 4 is 38.1 Å². The van der Waals surface area contributed by atoms with Gasteiger partial charge in [0.25, 0.3) is 5.69 Å². The molecular formula is C17H17N5O4S. The van der Waals surface area contributed by atoms with Crippen molar-refractivity contribution in [2.24, 2.45) is 12.2 Å². The van der Waals surface area contributed by atoms with Gasteiger partial charge < -0.3 is 9.88 Å². The molecule has 140 valence electrons. The van der Waals surface area contributed by atoms with E-state index in [2.05, 4.69) is 14.9 Å². The summed E-state index contributed by atoms with van der Waals surface area (Å²) in [7, 11) is -2.05. The van der Waals surface area contributed by atoms with Crippen molar-refractivity contribution in [1.29, 1.82) is 0 Å². The van der Waals surface area contributed by atoms with Gasteiger partial charge in [-0.3, -0.25) is 10.1 Å². The van der Waals surface area contributed by atoms with Crippen LogP contribution in [0.25, 0.3) is 11.0 Å². The average Bonchev–Trinajstić information content (AvgIpc) is 3.39. The number of nitrogens with zero attached hydrogens (tertiary/aromatic N) is 3. The molecule has 3 N–H and O–H groups in total. The van der Waals surface area contributed by atoms with E-state index in [-0.39, 0.29) is 16.3 Å². The number of fused-ring (bicyclic) bond motifs is 1. The summed E-state index contributed by atoms with van der Waals surface area (Å²) >= 11 is 0. The molecule has 1 aliphatic rings. The van der Waals surface area contributed by atoms with Crippen molar-refractivity contribution in [2.75, 3.05) is 5.32 Å². The summed E-state index contributed by atoms with van der Waals surface area (Å²) in [5.74, 6) is 1.55. The minimum absolute atomic E-state index is 0.171. The van der Waals surface area contributed by atoms with E-state index in [0.717, 1.165) is 35.8 Å². The zero-order chi connectivity index (χ0) is 19.3. The summed E-state index contributed by atoms with van der Waals surface area (Å²) in [6.45, 7) is 0. The molecule has 3 aromatic rings. The minimum Gasteiger partial charge on any atom is -0.350 e. The minimum atomic E-state index is -4.03. The highest BCUT2D eigenvalue weighted by Crippen LogP contribution is 2.40. The Morgan fingerprint density at radius 1 is 1.26 bits per heavy atom. The van der Waals surface area contributed by atoms with Crippen LogP contribution >= 0.6 is 0 Å². The molecule has 1 aliphatic carbocycles. The van der Waals surface area contributed by atoms with Crippen LogP contribution in [-0.2, 0) is 17.1 Å². The van der Waals surface area contributed by atoms with Gasteiger partial charge >= 0.3 is 0 Å². The van der Waals surface area contributed by atoms with Crippen molar-refractivity contribution in [1.82, 2.24) is 9.55 Å². The first-order chi connectivity index (χ1) is 12.7. The molecule has 2 aromatic carbocycles. The van der Waals surface area contributed by atoms with E-state index in [4.69, 9.17) is 5.14 Å². The summed E-state index contributed by atoms with van der Waals surface area (Å²) in [6.07, 6.45) is 2.29. The lowest BCUT2D eigenvalue weighted by molar-refractivity contribution is -0.384. The molecule has 9 nitrogen and oxygen atoms in total. The van der Waals surface area contributed by atoms with Gasteiger partial charge in [-0.25, -0.2) is 18.5 Å². The number of aromatic nitrogens is 2. The molecule has 1 fully saturated rings. The zero-order valence-corrected chi connectivity index (χ0v) is 15.2. The van der Waals surface area contributed by atoms with E-state index in [1.54, 1.807) is 6.07 Å². The number of nitrogens with two attached hydrogens (primary N) is 1. The Morgan fingerprint density at radius 2 is 2.00 bits per heavy atom. The maximum absolute atomic E-state index is 11.4. The van der Waals surface area contributed by atoms with E-state index in [1.165, 1.54) is 12.1 Å². The molecule has 0 atom stereocenters. The number of hydrogen-bond acceptors (Lipinski definition) is 6. The van der Waals surface area contributed by atoms with Gasteiger partial charge in [0.2, 0.25) is 10.0 Å². The van der Waals surface area contributed by atoms with Gasteiger partial charge in [0.05, 0.1) is 20.9 Å². The van der Waals surface area contributed by atoms with E-state index in [0.29, 0.717) is 11.6 Å². The number of sulfonamides is 1. The Hall–Kier alpha value is -2.98. The molecule has 4 rings (SSSR count). The number of aryl methyl sites for hydroxylation is 1. The Kier molecular flexibility index (Phi) is 3.89. The Labute approximate surface area is 155 Å². The normalized spacial score (nSPS) is 14.4. The SMILES string of the molecule is Cn1c(C2CC2)nc2cc(Nc3ccc(S(N)(=O)=O)cc3[N+](=O)[O-])ccc21. The first kappa shape index (κ1) is 17.4. The summed E-state index contributed by atoms with van der Waals surface area (Å²) in [5, 5.41) is 19.4. The predicted octanol–water partition coefficient (Wildman–Crippen LogP) is 2.75. The second-order valence-electron chi connectivity index (χ2n) is 6.61. The zero-order valence-electron chi connectivity index (χ0n) is 14.4. The molecule has 1 aromatic heterocycles. The molecule has 1 saturated carbocycles. The number of imidazole rings is 1. The average molecular weight is 387 g/mol. The molecule has 10 heteroatoms. The fraction of sp³-hybridized carbons (Fsp3) is 0.235. The van der Waals surface area contributed by atoms with Gasteiger partial charge in [-0.15, -0.1) is 0 Å². The third-order valence-corrected chi connectivity index (χ3v) is 5.54. The lowest BCUT2D eigenvalue weighted by Gasteiger charge is -2.08. The van der Waals surface area contributed by atoms with Crippen LogP contribution in [-0.4, -0.2) is 22.9 Å². The monoisotopic (exact) mass is 387 g/mol. The Morgan fingerprint density at radius 3 is 2.63 bits per heavy atom. The Bertz CT molecular complexity index is 1180. The first-order valence-corrected chi connectivity index (χ1v) is 9.83. The van der Waals surface area contributed by atoms with Crippen LogP contribution in [0.15, 0.2) is 41.3 Å². The highest BCUT2D eigenvalue weighted by molar-refractivity contribution is 7.89. The van der Waals surface area contributed by atoms with Gasteiger partial charge in [-0.05, 0) is 43.2 Å². The fourth-order valence-corrected chi connectivity index (χ4v) is 3.64. The largest absolute Gasteiger partial charge is 0.350 e. The summed E-state index contributed by atoms with van der Waals surface area (Å²) in [5.41, 5.74) is 2.20. The van der Waals surface area contributed by atoms with E-state index in [1.807, 2.05) is 19.2 Å². The van der Waals surface area contributed by atoms with E-state index in [9.17, 15) is 18.5 Å². The molecule has 0 spiro atoms. The van der Waals surface area contributed by atoms with Crippen LogP contribution in [0.4, 0.5) is 17.1 Å². The van der Waals surface area contributed by atoms with Crippen molar-refractivity contribution in [3.8, 4) is 0 Å². The van der Waals surface area contributed by atoms with Crippen LogP contribution in [0, 0.1) is 10.1 Å². The molecule has 0 bridgehead atoms. The number of benzene rings is 2. The fourth-order valence-electron chi connectivity index (χ4n) is 3.10. The van der Waals surface area contributed by atoms with Gasteiger partial charge in [0, 0.05) is 24.7 Å². The highest BCUT2D eigenvalue weighted by atomic mass is 32.2. The van der Waals surface area contributed by atoms with Gasteiger partial charge in [0.15, 0.2) is 0 Å². The molecule has 0 amide bonds. The van der Waals surface area contributed by atoms with Gasteiger partial charge in [0.1, 0.15) is 11.5 Å². The van der Waals surface area contributed by atoms with Crippen molar-refractivity contribution < 1.29 is 13.3 Å². The van der Waals surface area contributed by atoms with Gasteiger partial charge in [-0.1, -0.05) is 0 Å². The number of primary sulfonamides is 1. The molecule has 0 aliphatic heterocycles.